The van der Waals surface area contributed by atoms with Crippen LogP contribution in [0.1, 0.15) is 0 Å². The first-order chi connectivity index (χ1) is 26.2. The Hall–Kier alpha value is -0.0901. The van der Waals surface area contributed by atoms with Crippen LogP contribution in [-0.2, 0) is 40.5 Å². The molecule has 4 radical (unpaired) electrons. The predicted molar refractivity (Wildman–Crippen MR) is 211 cm³/mol. The summed E-state index contributed by atoms with van der Waals surface area (Å²) in [6.45, 7) is 0. The molecule has 0 amide bonds. The Labute approximate surface area is 453 Å². The molecular formula is C26H15B2F2I2N9Na4O12S4. The van der Waals surface area contributed by atoms with Gasteiger partial charge in [0.1, 0.15) is 69.0 Å². The van der Waals surface area contributed by atoms with Crippen molar-refractivity contribution in [2.24, 2.45) is 20.5 Å². The van der Waals surface area contributed by atoms with Crippen molar-refractivity contribution in [3.05, 3.63) is 72.7 Å². The number of azo groups is 2. The standard InChI is InChI=1S/C26H19F2N9O12S4.B2I2.4Na/c27-20-10-21(33-26(28)32-20)31-11-4-7-18(51(41,42)43)15(8-11)35-36-16-9-19(52(44,45)46)23(30)24(22(16)29)37-34-14-6-5-12-13(25(14)53(47,48)49)2-1-3-17(12)50(38,39)40;1-4(2)3;;;;/h1-10H,29-30H2,(H,31,32,33)(H,38,39,40)(H,41,42,43)(H,44,45,46)(H,47,48,49);;;;;/q;;4*+1/p-4. The fraction of sp³-hybridized carbons (Fsp3) is 0. The zero-order valence-corrected chi connectivity index (χ0v) is 46.9. The molecule has 5 aromatic rings. The van der Waals surface area contributed by atoms with Crippen LogP contribution in [0.4, 0.5) is 54.4 Å². The third kappa shape index (κ3) is 16.6. The van der Waals surface area contributed by atoms with E-state index in [-0.39, 0.29) is 124 Å². The molecule has 21 nitrogen and oxygen atoms in total. The van der Waals surface area contributed by atoms with Crippen LogP contribution >= 0.6 is 34.0 Å². The van der Waals surface area contributed by atoms with Gasteiger partial charge in [-0.05, 0) is 36.4 Å². The maximum atomic E-state index is 13.5. The summed E-state index contributed by atoms with van der Waals surface area (Å²) in [4.78, 5) is 1.76. The number of aromatic nitrogens is 2. The third-order valence-electron chi connectivity index (χ3n) is 6.75. The van der Waals surface area contributed by atoms with E-state index < -0.39 is 138 Å². The summed E-state index contributed by atoms with van der Waals surface area (Å²) in [6, 6.07) is 8.12. The molecule has 1 aromatic heterocycles. The van der Waals surface area contributed by atoms with Crippen LogP contribution in [0.25, 0.3) is 10.8 Å². The van der Waals surface area contributed by atoms with Crippen molar-refractivity contribution in [1.82, 2.24) is 9.97 Å². The summed E-state index contributed by atoms with van der Waals surface area (Å²) < 4.78 is 171. The van der Waals surface area contributed by atoms with Gasteiger partial charge in [0.05, 0.1) is 31.0 Å². The van der Waals surface area contributed by atoms with E-state index in [1.165, 1.54) is 0 Å². The molecule has 0 bridgehead atoms. The van der Waals surface area contributed by atoms with Crippen LogP contribution in [0.3, 0.4) is 0 Å². The zero-order chi connectivity index (χ0) is 42.8. The number of fused-ring (bicyclic) bond motifs is 1. The molecule has 0 aliphatic heterocycles. The van der Waals surface area contributed by atoms with Gasteiger partial charge in [0.2, 0.25) is 5.95 Å². The van der Waals surface area contributed by atoms with Crippen LogP contribution in [0.2, 0.25) is 0 Å². The maximum absolute atomic E-state index is 13.5. The summed E-state index contributed by atoms with van der Waals surface area (Å²) in [5.41, 5.74) is 16.8. The van der Waals surface area contributed by atoms with Crippen LogP contribution in [0.15, 0.2) is 101 Å². The summed E-state index contributed by atoms with van der Waals surface area (Å²) >= 11 is 0.762. The number of rotatable bonds is 10. The predicted octanol–water partition coefficient (Wildman–Crippen LogP) is -7.71. The van der Waals surface area contributed by atoms with E-state index in [0.717, 1.165) is 42.5 Å². The molecule has 298 valence electrons. The number of hydrogen-bond donors (Lipinski definition) is 3. The normalized spacial score (nSPS) is 12.0. The minimum atomic E-state index is -5.54. The van der Waals surface area contributed by atoms with Gasteiger partial charge in [0, 0.05) is 22.5 Å². The van der Waals surface area contributed by atoms with Gasteiger partial charge in [-0.2, -0.15) is 18.7 Å². The average molecular weight is 1180 g/mol. The Balaban J connectivity index is 0.00000431. The van der Waals surface area contributed by atoms with Gasteiger partial charge in [-0.1, -0.05) is 18.2 Å². The van der Waals surface area contributed by atoms with Gasteiger partial charge in [-0.15, -0.1) is 20.5 Å². The fourth-order valence-electron chi connectivity index (χ4n) is 4.61. The Bertz CT molecular complexity index is 2950. The molecule has 0 fully saturated rings. The van der Waals surface area contributed by atoms with E-state index in [4.69, 9.17) is 22.9 Å². The molecule has 4 aromatic carbocycles. The topological polar surface area (TPSA) is 368 Å². The fourth-order valence-corrected chi connectivity index (χ4v) is 7.33. The molecule has 61 heavy (non-hydrogen) atoms. The molecule has 0 atom stereocenters. The quantitative estimate of drug-likeness (QED) is 0.0222. The van der Waals surface area contributed by atoms with Crippen molar-refractivity contribution in [3.8, 4) is 0 Å². The van der Waals surface area contributed by atoms with Crippen LogP contribution in [-0.4, -0.2) is 73.3 Å². The average Bonchev–Trinajstić information content (AvgIpc) is 3.04. The van der Waals surface area contributed by atoms with Crippen molar-refractivity contribution in [1.29, 1.82) is 0 Å². The van der Waals surface area contributed by atoms with Crippen LogP contribution < -0.4 is 135 Å². The van der Waals surface area contributed by atoms with Crippen molar-refractivity contribution in [2.45, 2.75) is 19.6 Å². The number of halogens is 4. The first kappa shape index (κ1) is 60.9. The first-order valence-electron chi connectivity index (χ1n) is 14.1. The van der Waals surface area contributed by atoms with Gasteiger partial charge in [-0.25, -0.2) is 33.7 Å². The molecule has 0 unspecified atom stereocenters. The zero-order valence-electron chi connectivity index (χ0n) is 31.3. The molecule has 0 aliphatic carbocycles. The van der Waals surface area contributed by atoms with E-state index in [1.807, 2.05) is 0 Å². The Morgan fingerprint density at radius 2 is 1.16 bits per heavy atom. The van der Waals surface area contributed by atoms with Crippen LogP contribution in [0, 0.1) is 12.0 Å². The number of anilines is 4. The van der Waals surface area contributed by atoms with E-state index in [2.05, 4.69) is 54.4 Å². The monoisotopic (exact) mass is 1180 g/mol. The molecule has 0 spiro atoms. The number of nitrogen functional groups attached to an aromatic ring is 2. The minimum Gasteiger partial charge on any atom is 1.00 e. The second-order valence-electron chi connectivity index (χ2n) is 10.5. The largest absolute Gasteiger partial charge is 1.00 e. The summed E-state index contributed by atoms with van der Waals surface area (Å²) in [6.07, 6.45) is -1.47. The van der Waals surface area contributed by atoms with Crippen LogP contribution in [0.5, 0.6) is 0 Å². The Kier molecular flexibility index (Phi) is 24.6. The number of benzene rings is 4. The molecule has 1 heterocycles. The summed E-state index contributed by atoms with van der Waals surface area (Å²) in [7, 11) is -21.5. The Morgan fingerprint density at radius 3 is 1.69 bits per heavy atom. The van der Waals surface area contributed by atoms with Gasteiger partial charge in [0.15, 0.2) is 0 Å². The number of nitrogens with one attached hydrogen (secondary N) is 1. The maximum Gasteiger partial charge on any atom is 1.00 e. The van der Waals surface area contributed by atoms with Crippen molar-refractivity contribution in [3.63, 3.8) is 0 Å². The van der Waals surface area contributed by atoms with E-state index in [9.17, 15) is 60.7 Å². The molecular weight excluding hydrogens is 1160 g/mol. The SMILES string of the molecule is Nc1c(N=Nc2cc(Nc3cc(F)nc(F)n3)ccc2S(=O)(=O)[O-])cc(S(=O)(=O)[O-])c(N)c1N=Nc1ccc2c(S(=O)(=O)[O-])cccc2c1S(=O)(=O)[O-].[B]I([B])I.[Na+].[Na+].[Na+].[Na+]. The second-order valence-corrected chi connectivity index (χ2v) is 23.8. The van der Waals surface area contributed by atoms with E-state index in [1.54, 1.807) is 0 Å². The molecule has 0 saturated heterocycles. The molecule has 5 N–H and O–H groups in total. The number of hydrogen-bond acceptors (Lipinski definition) is 21. The molecule has 35 heteroatoms. The first-order valence-corrected chi connectivity index (χ1v) is 28.5. The molecule has 0 aliphatic rings. The molecule has 0 saturated carbocycles. The van der Waals surface area contributed by atoms with Gasteiger partial charge in [0.25, 0.3) is 0 Å². The smallest absolute Gasteiger partial charge is 1.00 e. The Morgan fingerprint density at radius 1 is 0.623 bits per heavy atom. The third-order valence-corrected chi connectivity index (χ3v) is 10.3. The number of nitrogens with zero attached hydrogens (tertiary/aromatic N) is 6. The van der Waals surface area contributed by atoms with E-state index in [0.29, 0.717) is 18.2 Å². The van der Waals surface area contributed by atoms with E-state index >= 15 is 0 Å². The van der Waals surface area contributed by atoms with Gasteiger partial charge < -0.3 is 35.0 Å². The van der Waals surface area contributed by atoms with Crippen molar-refractivity contribution in [2.75, 3.05) is 16.8 Å². The van der Waals surface area contributed by atoms with Crippen molar-refractivity contribution < 1.29 is 179 Å². The molecule has 5 rings (SSSR count). The second kappa shape index (κ2) is 24.6. The summed E-state index contributed by atoms with van der Waals surface area (Å²) in [5, 5.41) is 15.8. The minimum absolute atomic E-state index is 0. The number of nitrogens with two attached hydrogens (primary N) is 2. The summed E-state index contributed by atoms with van der Waals surface area (Å²) in [5.74, 6) is -1.75. The van der Waals surface area contributed by atoms with Gasteiger partial charge >= 0.3 is 170 Å². The van der Waals surface area contributed by atoms with Crippen molar-refractivity contribution >= 4 is 142 Å². The van der Waals surface area contributed by atoms with Gasteiger partial charge in [-0.3, -0.25) is 0 Å².